The van der Waals surface area contributed by atoms with Gasteiger partial charge in [0.25, 0.3) is 5.91 Å². The molecule has 2 aliphatic rings. The Bertz CT molecular complexity index is 797. The van der Waals surface area contributed by atoms with Crippen LogP contribution in [0.4, 0.5) is 0 Å². The number of aryl methyl sites for hydroxylation is 2. The molecule has 0 aromatic heterocycles. The molecular weight excluding hydrogens is 336 g/mol. The van der Waals surface area contributed by atoms with Crippen LogP contribution in [-0.2, 0) is 30.7 Å². The maximum Gasteiger partial charge on any atom is 0.251 e. The van der Waals surface area contributed by atoms with Crippen molar-refractivity contribution in [3.63, 3.8) is 0 Å². The third kappa shape index (κ3) is 4.76. The van der Waals surface area contributed by atoms with Crippen LogP contribution >= 0.6 is 0 Å². The van der Waals surface area contributed by atoms with Crippen LogP contribution in [0.2, 0.25) is 0 Å². The Morgan fingerprint density at radius 2 is 1.74 bits per heavy atom. The van der Waals surface area contributed by atoms with Crippen molar-refractivity contribution in [2.24, 2.45) is 0 Å². The predicted octanol–water partition coefficient (Wildman–Crippen LogP) is 3.33. The molecule has 0 unspecified atom stereocenters. The first-order valence-corrected chi connectivity index (χ1v) is 10.1. The summed E-state index contributed by atoms with van der Waals surface area (Å²) in [5, 5.41) is 3.08. The van der Waals surface area contributed by atoms with Crippen molar-refractivity contribution in [2.45, 2.75) is 38.8 Å². The van der Waals surface area contributed by atoms with Gasteiger partial charge in [0, 0.05) is 31.7 Å². The van der Waals surface area contributed by atoms with E-state index in [0.29, 0.717) is 6.54 Å². The van der Waals surface area contributed by atoms with Crippen molar-refractivity contribution in [1.82, 2.24) is 10.2 Å². The van der Waals surface area contributed by atoms with E-state index in [1.807, 2.05) is 6.07 Å². The molecule has 1 fully saturated rings. The number of carbonyl (C=O) groups excluding carboxylic acids is 1. The van der Waals surface area contributed by atoms with E-state index in [-0.39, 0.29) is 5.91 Å². The number of benzene rings is 2. The molecule has 1 aliphatic heterocycles. The molecule has 4 rings (SSSR count). The van der Waals surface area contributed by atoms with E-state index >= 15 is 0 Å². The molecule has 142 valence electrons. The normalized spacial score (nSPS) is 17.3. The number of nitrogens with zero attached hydrogens (tertiary/aromatic N) is 1. The van der Waals surface area contributed by atoms with Crippen LogP contribution in [0.5, 0.6) is 0 Å². The molecule has 0 atom stereocenters. The number of morpholine rings is 1. The fraction of sp³-hybridized carbons (Fsp3) is 0.435. The van der Waals surface area contributed by atoms with Gasteiger partial charge in [0.2, 0.25) is 0 Å². The van der Waals surface area contributed by atoms with Crippen molar-refractivity contribution in [2.75, 3.05) is 26.3 Å². The molecule has 2 aromatic rings. The second-order valence-electron chi connectivity index (χ2n) is 7.58. The molecule has 1 N–H and O–H groups in total. The van der Waals surface area contributed by atoms with Gasteiger partial charge < -0.3 is 10.1 Å². The van der Waals surface area contributed by atoms with Crippen molar-refractivity contribution in [3.8, 4) is 0 Å². The van der Waals surface area contributed by atoms with Gasteiger partial charge in [-0.3, -0.25) is 9.69 Å². The highest BCUT2D eigenvalue weighted by molar-refractivity contribution is 5.94. The summed E-state index contributed by atoms with van der Waals surface area (Å²) in [6, 6.07) is 14.7. The zero-order valence-corrected chi connectivity index (χ0v) is 15.9. The van der Waals surface area contributed by atoms with Gasteiger partial charge in [0.1, 0.15) is 0 Å². The highest BCUT2D eigenvalue weighted by Gasteiger charge is 2.13. The summed E-state index contributed by atoms with van der Waals surface area (Å²) in [6.07, 6.45) is 4.74. The van der Waals surface area contributed by atoms with Crippen molar-refractivity contribution >= 4 is 5.91 Å². The predicted molar refractivity (Wildman–Crippen MR) is 107 cm³/mol. The van der Waals surface area contributed by atoms with E-state index in [4.69, 9.17) is 4.74 Å². The second kappa shape index (κ2) is 8.68. The number of amides is 1. The number of fused-ring (bicyclic) bond motifs is 1. The first kappa shape index (κ1) is 18.2. The van der Waals surface area contributed by atoms with E-state index in [1.54, 1.807) is 0 Å². The Balaban J connectivity index is 1.35. The van der Waals surface area contributed by atoms with Gasteiger partial charge >= 0.3 is 0 Å². The first-order chi connectivity index (χ1) is 13.3. The Kier molecular flexibility index (Phi) is 5.85. The zero-order chi connectivity index (χ0) is 18.5. The standard InChI is InChI=1S/C23H28N2O2/c26-23(22-9-8-20-6-1-2-7-21(20)15-22)24-16-18-4-3-5-19(14-18)17-25-10-12-27-13-11-25/h3-5,8-9,14-15H,1-2,6-7,10-13,16-17H2,(H,24,26). The molecule has 1 saturated heterocycles. The maximum absolute atomic E-state index is 12.6. The quantitative estimate of drug-likeness (QED) is 0.885. The Labute approximate surface area is 161 Å². The topological polar surface area (TPSA) is 41.6 Å². The summed E-state index contributed by atoms with van der Waals surface area (Å²) in [5.41, 5.74) is 5.97. The van der Waals surface area contributed by atoms with Crippen LogP contribution in [0, 0.1) is 0 Å². The summed E-state index contributed by atoms with van der Waals surface area (Å²) in [5.74, 6) is 0.0157. The van der Waals surface area contributed by atoms with E-state index in [9.17, 15) is 4.79 Å². The smallest absolute Gasteiger partial charge is 0.251 e. The lowest BCUT2D eigenvalue weighted by Crippen LogP contribution is -2.35. The highest BCUT2D eigenvalue weighted by Crippen LogP contribution is 2.22. The molecule has 2 aromatic carbocycles. The van der Waals surface area contributed by atoms with Crippen LogP contribution in [0.15, 0.2) is 42.5 Å². The van der Waals surface area contributed by atoms with Crippen molar-refractivity contribution in [1.29, 1.82) is 0 Å². The summed E-state index contributed by atoms with van der Waals surface area (Å²) in [7, 11) is 0. The van der Waals surface area contributed by atoms with Gasteiger partial charge in [-0.25, -0.2) is 0 Å². The monoisotopic (exact) mass is 364 g/mol. The molecule has 4 nitrogen and oxygen atoms in total. The van der Waals surface area contributed by atoms with Gasteiger partial charge in [-0.1, -0.05) is 30.3 Å². The van der Waals surface area contributed by atoms with E-state index in [0.717, 1.165) is 56.8 Å². The van der Waals surface area contributed by atoms with E-state index < -0.39 is 0 Å². The zero-order valence-electron chi connectivity index (χ0n) is 15.9. The Hall–Kier alpha value is -2.17. The molecule has 0 bridgehead atoms. The number of rotatable bonds is 5. The van der Waals surface area contributed by atoms with E-state index in [2.05, 4.69) is 46.6 Å². The molecule has 0 radical (unpaired) electrons. The van der Waals surface area contributed by atoms with Gasteiger partial charge in [-0.2, -0.15) is 0 Å². The molecular formula is C23H28N2O2. The average molecular weight is 364 g/mol. The minimum Gasteiger partial charge on any atom is -0.379 e. The first-order valence-electron chi connectivity index (χ1n) is 10.1. The summed E-state index contributed by atoms with van der Waals surface area (Å²) in [4.78, 5) is 15.0. The third-order valence-corrected chi connectivity index (χ3v) is 5.57. The van der Waals surface area contributed by atoms with Crippen molar-refractivity contribution < 1.29 is 9.53 Å². The molecule has 4 heteroatoms. The minimum atomic E-state index is 0.0157. The summed E-state index contributed by atoms with van der Waals surface area (Å²) >= 11 is 0. The largest absolute Gasteiger partial charge is 0.379 e. The van der Waals surface area contributed by atoms with E-state index in [1.165, 1.54) is 29.5 Å². The Morgan fingerprint density at radius 1 is 0.963 bits per heavy atom. The van der Waals surface area contributed by atoms with Crippen molar-refractivity contribution in [3.05, 3.63) is 70.3 Å². The Morgan fingerprint density at radius 3 is 2.59 bits per heavy atom. The average Bonchev–Trinajstić information content (AvgIpc) is 2.73. The summed E-state index contributed by atoms with van der Waals surface area (Å²) < 4.78 is 5.41. The highest BCUT2D eigenvalue weighted by atomic mass is 16.5. The van der Waals surface area contributed by atoms with Crippen LogP contribution in [0.1, 0.15) is 45.5 Å². The molecule has 1 amide bonds. The van der Waals surface area contributed by atoms with Gasteiger partial charge in [-0.15, -0.1) is 0 Å². The SMILES string of the molecule is O=C(NCc1cccc(CN2CCOCC2)c1)c1ccc2c(c1)CCCC2. The molecule has 0 spiro atoms. The molecule has 0 saturated carbocycles. The fourth-order valence-corrected chi connectivity index (χ4v) is 4.01. The number of hydrogen-bond acceptors (Lipinski definition) is 3. The van der Waals surface area contributed by atoms with Crippen LogP contribution in [0.3, 0.4) is 0 Å². The minimum absolute atomic E-state index is 0.0157. The lowest BCUT2D eigenvalue weighted by Gasteiger charge is -2.26. The fourth-order valence-electron chi connectivity index (χ4n) is 4.01. The van der Waals surface area contributed by atoms with Gasteiger partial charge in [-0.05, 0) is 60.1 Å². The lowest BCUT2D eigenvalue weighted by atomic mass is 9.90. The second-order valence-corrected chi connectivity index (χ2v) is 7.58. The maximum atomic E-state index is 12.6. The van der Waals surface area contributed by atoms with Crippen LogP contribution in [-0.4, -0.2) is 37.1 Å². The number of carbonyl (C=O) groups is 1. The van der Waals surface area contributed by atoms with Gasteiger partial charge in [0.15, 0.2) is 0 Å². The third-order valence-electron chi connectivity index (χ3n) is 5.57. The molecule has 27 heavy (non-hydrogen) atoms. The van der Waals surface area contributed by atoms with Gasteiger partial charge in [0.05, 0.1) is 13.2 Å². The number of hydrogen-bond donors (Lipinski definition) is 1. The molecule has 1 aliphatic carbocycles. The van der Waals surface area contributed by atoms with Crippen LogP contribution in [0.25, 0.3) is 0 Å². The number of ether oxygens (including phenoxy) is 1. The van der Waals surface area contributed by atoms with Crippen LogP contribution < -0.4 is 5.32 Å². The number of nitrogens with one attached hydrogen (secondary N) is 1. The molecule has 1 heterocycles. The lowest BCUT2D eigenvalue weighted by molar-refractivity contribution is 0.0342. The summed E-state index contributed by atoms with van der Waals surface area (Å²) in [6.45, 7) is 5.11.